The quantitative estimate of drug-likeness (QED) is 0.304. The summed E-state index contributed by atoms with van der Waals surface area (Å²) in [4.78, 5) is 2.42. The van der Waals surface area contributed by atoms with Gasteiger partial charge in [-0.2, -0.15) is 0 Å². The van der Waals surface area contributed by atoms with Gasteiger partial charge in [0.15, 0.2) is 0 Å². The Morgan fingerprint density at radius 3 is 2.47 bits per heavy atom. The fourth-order valence-corrected chi connectivity index (χ4v) is 1.67. The summed E-state index contributed by atoms with van der Waals surface area (Å²) >= 11 is 0. The van der Waals surface area contributed by atoms with Crippen molar-refractivity contribution in [1.29, 1.82) is 0 Å². The molecule has 0 aromatic heterocycles. The Morgan fingerprint density at radius 2 is 2.07 bits per heavy atom. The molecule has 88 valence electrons. The Labute approximate surface area is 92.1 Å². The number of rotatable bonds is 6. The number of nitrogens with zero attached hydrogens (tertiary/aromatic N) is 2. The van der Waals surface area contributed by atoms with Crippen molar-refractivity contribution >= 4 is 5.84 Å². The molecule has 1 rings (SSSR count). The summed E-state index contributed by atoms with van der Waals surface area (Å²) in [6.45, 7) is 8.42. The number of amidine groups is 1. The summed E-state index contributed by atoms with van der Waals surface area (Å²) in [7, 11) is 0. The number of hydrogen-bond acceptors (Lipinski definition) is 3. The number of nitrogens with two attached hydrogens (primary N) is 1. The molecule has 1 fully saturated rings. The van der Waals surface area contributed by atoms with Crippen LogP contribution in [0.4, 0.5) is 0 Å². The zero-order chi connectivity index (χ0) is 11.4. The van der Waals surface area contributed by atoms with Crippen molar-refractivity contribution in [3.63, 3.8) is 0 Å². The standard InChI is InChI=1S/C11H23N3O/c1-8(2)14(7-10-4-5-10)6-9(3)11(12)13-15/h8-10,15H,4-7H2,1-3H3,(H2,12,13). The van der Waals surface area contributed by atoms with E-state index in [-0.39, 0.29) is 5.92 Å². The maximum atomic E-state index is 8.60. The Bertz CT molecular complexity index is 224. The van der Waals surface area contributed by atoms with Crippen molar-refractivity contribution in [1.82, 2.24) is 4.90 Å². The summed E-state index contributed by atoms with van der Waals surface area (Å²) in [5.41, 5.74) is 5.58. The first-order valence-corrected chi connectivity index (χ1v) is 5.76. The zero-order valence-electron chi connectivity index (χ0n) is 9.98. The minimum atomic E-state index is 0.121. The second-order valence-electron chi connectivity index (χ2n) is 4.92. The fraction of sp³-hybridized carbons (Fsp3) is 0.909. The maximum absolute atomic E-state index is 8.60. The molecule has 0 aromatic rings. The molecule has 0 radical (unpaired) electrons. The predicted octanol–water partition coefficient (Wildman–Crippen LogP) is 1.49. The van der Waals surface area contributed by atoms with Crippen LogP contribution in [0.3, 0.4) is 0 Å². The molecule has 15 heavy (non-hydrogen) atoms. The van der Waals surface area contributed by atoms with Crippen LogP contribution in [0.15, 0.2) is 5.16 Å². The summed E-state index contributed by atoms with van der Waals surface area (Å²) in [6.07, 6.45) is 2.72. The predicted molar refractivity (Wildman–Crippen MR) is 62.0 cm³/mol. The van der Waals surface area contributed by atoms with E-state index in [1.165, 1.54) is 12.8 Å². The topological polar surface area (TPSA) is 61.8 Å². The van der Waals surface area contributed by atoms with Crippen LogP contribution in [0, 0.1) is 11.8 Å². The fourth-order valence-electron chi connectivity index (χ4n) is 1.67. The molecule has 1 saturated carbocycles. The molecule has 0 aromatic carbocycles. The van der Waals surface area contributed by atoms with Crippen molar-refractivity contribution in [3.05, 3.63) is 0 Å². The van der Waals surface area contributed by atoms with Crippen molar-refractivity contribution in [2.45, 2.75) is 39.7 Å². The van der Waals surface area contributed by atoms with Gasteiger partial charge >= 0.3 is 0 Å². The van der Waals surface area contributed by atoms with Gasteiger partial charge in [-0.05, 0) is 32.6 Å². The normalized spacial score (nSPS) is 19.9. The second kappa shape index (κ2) is 5.35. The lowest BCUT2D eigenvalue weighted by atomic mass is 10.1. The molecule has 1 aliphatic carbocycles. The van der Waals surface area contributed by atoms with Gasteiger partial charge in [0.2, 0.25) is 0 Å². The molecule has 0 amide bonds. The Kier molecular flexibility index (Phi) is 4.39. The third-order valence-electron chi connectivity index (χ3n) is 3.05. The maximum Gasteiger partial charge on any atom is 0.143 e. The van der Waals surface area contributed by atoms with Gasteiger partial charge in [-0.15, -0.1) is 0 Å². The van der Waals surface area contributed by atoms with Gasteiger partial charge in [0, 0.05) is 25.0 Å². The number of oxime groups is 1. The van der Waals surface area contributed by atoms with Gasteiger partial charge in [0.1, 0.15) is 5.84 Å². The minimum absolute atomic E-state index is 0.121. The smallest absolute Gasteiger partial charge is 0.143 e. The molecular weight excluding hydrogens is 190 g/mol. The van der Waals surface area contributed by atoms with E-state index >= 15 is 0 Å². The highest BCUT2D eigenvalue weighted by Gasteiger charge is 2.26. The highest BCUT2D eigenvalue weighted by atomic mass is 16.4. The molecule has 0 heterocycles. The highest BCUT2D eigenvalue weighted by molar-refractivity contribution is 5.82. The van der Waals surface area contributed by atoms with Crippen molar-refractivity contribution in [2.75, 3.05) is 13.1 Å². The van der Waals surface area contributed by atoms with Crippen LogP contribution in [0.5, 0.6) is 0 Å². The van der Waals surface area contributed by atoms with Crippen molar-refractivity contribution in [2.24, 2.45) is 22.7 Å². The molecule has 1 atom stereocenters. The van der Waals surface area contributed by atoms with Crippen LogP contribution >= 0.6 is 0 Å². The van der Waals surface area contributed by atoms with E-state index in [4.69, 9.17) is 10.9 Å². The SMILES string of the molecule is CC(CN(CC1CC1)C(C)C)C(N)=NO. The van der Waals surface area contributed by atoms with Gasteiger partial charge in [-0.1, -0.05) is 12.1 Å². The zero-order valence-corrected chi connectivity index (χ0v) is 9.98. The van der Waals surface area contributed by atoms with Crippen LogP contribution in [-0.4, -0.2) is 35.1 Å². The molecule has 4 nitrogen and oxygen atoms in total. The van der Waals surface area contributed by atoms with Crippen LogP contribution in [-0.2, 0) is 0 Å². The van der Waals surface area contributed by atoms with Crippen LogP contribution in [0.1, 0.15) is 33.6 Å². The molecule has 0 saturated heterocycles. The molecule has 4 heteroatoms. The molecule has 3 N–H and O–H groups in total. The van der Waals surface area contributed by atoms with E-state index in [2.05, 4.69) is 23.9 Å². The van der Waals surface area contributed by atoms with E-state index in [9.17, 15) is 0 Å². The molecule has 0 bridgehead atoms. The average Bonchev–Trinajstić information content (AvgIpc) is 2.99. The third-order valence-corrected chi connectivity index (χ3v) is 3.05. The highest BCUT2D eigenvalue weighted by Crippen LogP contribution is 2.30. The molecular formula is C11H23N3O. The van der Waals surface area contributed by atoms with Gasteiger partial charge in [-0.3, -0.25) is 4.90 Å². The summed E-state index contributed by atoms with van der Waals surface area (Å²) in [6, 6.07) is 0.527. The van der Waals surface area contributed by atoms with E-state index in [0.29, 0.717) is 11.9 Å². The monoisotopic (exact) mass is 213 g/mol. The first-order valence-electron chi connectivity index (χ1n) is 5.76. The van der Waals surface area contributed by atoms with Crippen LogP contribution in [0.25, 0.3) is 0 Å². The van der Waals surface area contributed by atoms with E-state index in [0.717, 1.165) is 19.0 Å². The molecule has 1 aliphatic rings. The summed E-state index contributed by atoms with van der Waals surface area (Å²) < 4.78 is 0. The van der Waals surface area contributed by atoms with E-state index in [1.807, 2.05) is 6.92 Å². The number of hydrogen-bond donors (Lipinski definition) is 2. The van der Waals surface area contributed by atoms with E-state index in [1.54, 1.807) is 0 Å². The van der Waals surface area contributed by atoms with Crippen molar-refractivity contribution < 1.29 is 5.21 Å². The summed E-state index contributed by atoms with van der Waals surface area (Å²) in [5.74, 6) is 1.33. The molecule has 1 unspecified atom stereocenters. The third kappa shape index (κ3) is 4.08. The van der Waals surface area contributed by atoms with Crippen molar-refractivity contribution in [3.8, 4) is 0 Å². The Hall–Kier alpha value is -0.770. The Morgan fingerprint density at radius 1 is 1.47 bits per heavy atom. The molecule has 0 aliphatic heterocycles. The summed E-state index contributed by atoms with van der Waals surface area (Å²) in [5, 5.41) is 11.7. The van der Waals surface area contributed by atoms with Crippen LogP contribution < -0.4 is 5.73 Å². The van der Waals surface area contributed by atoms with Crippen LogP contribution in [0.2, 0.25) is 0 Å². The lowest BCUT2D eigenvalue weighted by Gasteiger charge is -2.28. The lowest BCUT2D eigenvalue weighted by molar-refractivity contribution is 0.198. The minimum Gasteiger partial charge on any atom is -0.409 e. The first-order chi connectivity index (χ1) is 7.04. The van der Waals surface area contributed by atoms with Gasteiger partial charge < -0.3 is 10.9 Å². The van der Waals surface area contributed by atoms with Gasteiger partial charge in [-0.25, -0.2) is 0 Å². The van der Waals surface area contributed by atoms with Gasteiger partial charge in [0.25, 0.3) is 0 Å². The van der Waals surface area contributed by atoms with E-state index < -0.39 is 0 Å². The molecule has 0 spiro atoms. The second-order valence-corrected chi connectivity index (χ2v) is 4.92. The van der Waals surface area contributed by atoms with Gasteiger partial charge in [0.05, 0.1) is 0 Å². The Balaban J connectivity index is 2.42. The first kappa shape index (κ1) is 12.3. The lowest BCUT2D eigenvalue weighted by Crippen LogP contribution is -2.40. The largest absolute Gasteiger partial charge is 0.409 e. The average molecular weight is 213 g/mol.